The number of hydrogen-bond donors (Lipinski definition) is 4. The maximum absolute atomic E-state index is 14.3. The summed E-state index contributed by atoms with van der Waals surface area (Å²) in [6.45, 7) is 15.3. The summed E-state index contributed by atoms with van der Waals surface area (Å²) in [4.78, 5) is 84.5. The van der Waals surface area contributed by atoms with Crippen molar-refractivity contribution in [2.24, 2.45) is 34.3 Å². The van der Waals surface area contributed by atoms with Gasteiger partial charge in [0.05, 0.1) is 12.2 Å². The van der Waals surface area contributed by atoms with Crippen LogP contribution >= 0.6 is 0 Å². The molecule has 45 heavy (non-hydrogen) atoms. The smallest absolute Gasteiger partial charge is 0.316 e. The summed E-state index contributed by atoms with van der Waals surface area (Å²) in [5.74, 6) is -3.95. The molecule has 2 fully saturated rings. The average Bonchev–Trinajstić information content (AvgIpc) is 3.41. The minimum absolute atomic E-state index is 0.136. The molecule has 5 atom stereocenters. The summed E-state index contributed by atoms with van der Waals surface area (Å²) in [5.41, 5.74) is 4.18. The number of Topliss-reactive ketones (excluding diaryl/α,β-unsaturated/α-hetero) is 2. The van der Waals surface area contributed by atoms with Crippen LogP contribution in [0.1, 0.15) is 98.2 Å². The Morgan fingerprint density at radius 1 is 1.02 bits per heavy atom. The van der Waals surface area contributed by atoms with Gasteiger partial charge in [0.1, 0.15) is 24.4 Å². The molecule has 5 amide bonds. The van der Waals surface area contributed by atoms with Gasteiger partial charge in [-0.1, -0.05) is 74.7 Å². The molecule has 2 heterocycles. The van der Waals surface area contributed by atoms with Gasteiger partial charge in [-0.05, 0) is 41.4 Å². The molecule has 1 aromatic heterocycles. The topological polar surface area (TPSA) is 194 Å². The summed E-state index contributed by atoms with van der Waals surface area (Å²) in [5, 5.41) is 8.20. The Balaban J connectivity index is 1.88. The number of oxazole rings is 1. The third-order valence-electron chi connectivity index (χ3n) is 9.27. The highest BCUT2D eigenvalue weighted by Crippen LogP contribution is 2.42. The number of primary amides is 1. The zero-order chi connectivity index (χ0) is 33.9. The monoisotopic (exact) mass is 630 g/mol. The Morgan fingerprint density at radius 2 is 1.67 bits per heavy atom. The average molecular weight is 631 g/mol. The van der Waals surface area contributed by atoms with Gasteiger partial charge in [-0.3, -0.25) is 24.0 Å². The third-order valence-corrected chi connectivity index (χ3v) is 9.27. The third kappa shape index (κ3) is 8.70. The fourth-order valence-electron chi connectivity index (χ4n) is 5.93. The maximum atomic E-state index is 14.3. The predicted molar refractivity (Wildman–Crippen MR) is 166 cm³/mol. The zero-order valence-electron chi connectivity index (χ0n) is 27.8. The van der Waals surface area contributed by atoms with Crippen molar-refractivity contribution in [3.63, 3.8) is 0 Å². The van der Waals surface area contributed by atoms with E-state index in [0.717, 1.165) is 19.3 Å². The zero-order valence-corrected chi connectivity index (χ0v) is 27.8. The molecule has 0 spiro atoms. The molecule has 1 saturated heterocycles. The number of amides is 5. The second kappa shape index (κ2) is 14.1. The molecular weight excluding hydrogens is 580 g/mol. The van der Waals surface area contributed by atoms with Crippen LogP contribution < -0.4 is 21.7 Å². The van der Waals surface area contributed by atoms with E-state index < -0.39 is 64.9 Å². The number of urea groups is 1. The molecule has 13 heteroatoms. The van der Waals surface area contributed by atoms with Gasteiger partial charge in [0.25, 0.3) is 11.8 Å². The van der Waals surface area contributed by atoms with Gasteiger partial charge in [0.2, 0.25) is 23.4 Å². The van der Waals surface area contributed by atoms with Gasteiger partial charge in [-0.2, -0.15) is 0 Å². The van der Waals surface area contributed by atoms with Crippen molar-refractivity contribution in [3.8, 4) is 0 Å². The molecule has 1 aliphatic heterocycles. The SMILES string of the molecule is CCC(C)(C)[C@H]1CCN(C(=O)[C@@H](NC(=O)N[C@H](C(=O)c2ncco2)C(C)C)C(C)(C)C)[C@@H]1C(=O)NC(CC1CC1)C(=O)C(N)=O. The maximum Gasteiger partial charge on any atom is 0.316 e. The highest BCUT2D eigenvalue weighted by molar-refractivity contribution is 6.37. The largest absolute Gasteiger partial charge is 0.442 e. The summed E-state index contributed by atoms with van der Waals surface area (Å²) in [7, 11) is 0. The number of nitrogens with two attached hydrogens (primary N) is 1. The molecule has 0 radical (unpaired) electrons. The first-order valence-electron chi connectivity index (χ1n) is 15.8. The number of nitrogens with zero attached hydrogens (tertiary/aromatic N) is 2. The van der Waals surface area contributed by atoms with E-state index in [1.54, 1.807) is 34.6 Å². The van der Waals surface area contributed by atoms with E-state index in [1.807, 2.05) is 20.8 Å². The van der Waals surface area contributed by atoms with Crippen LogP contribution in [-0.2, 0) is 19.2 Å². The lowest BCUT2D eigenvalue weighted by Crippen LogP contribution is -2.62. The van der Waals surface area contributed by atoms with Crippen LogP contribution in [0, 0.1) is 28.6 Å². The standard InChI is InChI=1S/C32H50N6O7/c1-9-32(7,8)19-12-14-38(22(19)27(42)35-20(16-18-10-11-18)23(39)26(33)41)29(43)25(31(4,5)6)37-30(44)36-21(17(2)3)24(40)28-34-13-15-45-28/h13,15,17-22,25H,9-12,14,16H2,1-8H3,(H2,33,41)(H,35,42)(H2,36,37,44)/t19-,20?,21-,22-,25+/m0/s1. The molecule has 2 aliphatic rings. The van der Waals surface area contributed by atoms with E-state index >= 15 is 0 Å². The normalized spacial score (nSPS) is 20.7. The molecule has 250 valence electrons. The molecule has 0 bridgehead atoms. The number of hydrogen-bond acceptors (Lipinski definition) is 8. The molecule has 0 aromatic carbocycles. The Bertz CT molecular complexity index is 1270. The fraction of sp³-hybridized carbons (Fsp3) is 0.719. The van der Waals surface area contributed by atoms with Crippen molar-refractivity contribution in [2.45, 2.75) is 112 Å². The Hall–Kier alpha value is -3.77. The van der Waals surface area contributed by atoms with Gasteiger partial charge < -0.3 is 31.0 Å². The van der Waals surface area contributed by atoms with Crippen molar-refractivity contribution in [2.75, 3.05) is 6.54 Å². The van der Waals surface area contributed by atoms with Crippen molar-refractivity contribution in [1.29, 1.82) is 0 Å². The van der Waals surface area contributed by atoms with Crippen molar-refractivity contribution in [1.82, 2.24) is 25.8 Å². The van der Waals surface area contributed by atoms with E-state index in [0.29, 0.717) is 12.8 Å². The molecular formula is C32H50N6O7. The predicted octanol–water partition coefficient (Wildman–Crippen LogP) is 2.59. The lowest BCUT2D eigenvalue weighted by atomic mass is 9.72. The molecule has 3 rings (SSSR count). The summed E-state index contributed by atoms with van der Waals surface area (Å²) >= 11 is 0. The highest BCUT2D eigenvalue weighted by Gasteiger charge is 2.51. The van der Waals surface area contributed by atoms with Gasteiger partial charge in [-0.15, -0.1) is 0 Å². The fourth-order valence-corrected chi connectivity index (χ4v) is 5.93. The van der Waals surface area contributed by atoms with Crippen LogP contribution in [0.15, 0.2) is 16.9 Å². The Kier molecular flexibility index (Phi) is 11.2. The van der Waals surface area contributed by atoms with Gasteiger partial charge >= 0.3 is 6.03 Å². The second-order valence-electron chi connectivity index (χ2n) is 14.5. The molecule has 1 aromatic rings. The number of nitrogens with one attached hydrogen (secondary N) is 3. The van der Waals surface area contributed by atoms with Crippen LogP contribution in [0.4, 0.5) is 4.79 Å². The van der Waals surface area contributed by atoms with E-state index in [4.69, 9.17) is 10.2 Å². The van der Waals surface area contributed by atoms with E-state index in [2.05, 4.69) is 20.9 Å². The van der Waals surface area contributed by atoms with E-state index in [-0.39, 0.29) is 35.6 Å². The number of rotatable bonds is 14. The second-order valence-corrected chi connectivity index (χ2v) is 14.5. The minimum atomic E-state index is -1.12. The van der Waals surface area contributed by atoms with Gasteiger partial charge in [0.15, 0.2) is 0 Å². The molecule has 1 saturated carbocycles. The first-order valence-corrected chi connectivity index (χ1v) is 15.8. The summed E-state index contributed by atoms with van der Waals surface area (Å²) in [6, 6.07) is -4.79. The van der Waals surface area contributed by atoms with E-state index in [1.165, 1.54) is 17.4 Å². The Labute approximate surface area is 265 Å². The number of likely N-dealkylation sites (tertiary alicyclic amines) is 1. The number of carbonyl (C=O) groups excluding carboxylic acids is 6. The minimum Gasteiger partial charge on any atom is -0.442 e. The Morgan fingerprint density at radius 3 is 2.16 bits per heavy atom. The first-order chi connectivity index (χ1) is 20.9. The van der Waals surface area contributed by atoms with Crippen LogP contribution in [-0.4, -0.2) is 75.9 Å². The quantitative estimate of drug-likeness (QED) is 0.178. The van der Waals surface area contributed by atoms with E-state index in [9.17, 15) is 28.8 Å². The summed E-state index contributed by atoms with van der Waals surface area (Å²) < 4.78 is 5.13. The van der Waals surface area contributed by atoms with Gasteiger partial charge in [-0.25, -0.2) is 9.78 Å². The lowest BCUT2D eigenvalue weighted by molar-refractivity contribution is -0.145. The number of ketones is 2. The molecule has 1 aliphatic carbocycles. The van der Waals surface area contributed by atoms with Crippen molar-refractivity contribution >= 4 is 35.3 Å². The first kappa shape index (κ1) is 35.7. The van der Waals surface area contributed by atoms with Crippen LogP contribution in [0.3, 0.4) is 0 Å². The van der Waals surface area contributed by atoms with Crippen LogP contribution in [0.25, 0.3) is 0 Å². The van der Waals surface area contributed by atoms with Crippen molar-refractivity contribution < 1.29 is 33.2 Å². The van der Waals surface area contributed by atoms with Crippen molar-refractivity contribution in [3.05, 3.63) is 18.4 Å². The van der Waals surface area contributed by atoms with Crippen LogP contribution in [0.2, 0.25) is 0 Å². The molecule has 13 nitrogen and oxygen atoms in total. The lowest BCUT2D eigenvalue weighted by Gasteiger charge is -2.39. The molecule has 1 unspecified atom stereocenters. The van der Waals surface area contributed by atoms with Crippen LogP contribution in [0.5, 0.6) is 0 Å². The van der Waals surface area contributed by atoms with Gasteiger partial charge in [0, 0.05) is 6.54 Å². The number of carbonyl (C=O) groups is 6. The molecule has 5 N–H and O–H groups in total. The summed E-state index contributed by atoms with van der Waals surface area (Å²) in [6.07, 6.45) is 5.99. The highest BCUT2D eigenvalue weighted by atomic mass is 16.3. The number of aromatic nitrogens is 1.